The van der Waals surface area contributed by atoms with Crippen LogP contribution < -0.4 is 0 Å². The van der Waals surface area contributed by atoms with Gasteiger partial charge in [0.25, 0.3) is 0 Å². The predicted molar refractivity (Wildman–Crippen MR) is 64.2 cm³/mol. The maximum atomic E-state index is 12.5. The summed E-state index contributed by atoms with van der Waals surface area (Å²) in [5.74, 6) is 0.818. The van der Waals surface area contributed by atoms with Crippen LogP contribution in [0.3, 0.4) is 0 Å². The fraction of sp³-hybridized carbons (Fsp3) is 0.714. The summed E-state index contributed by atoms with van der Waals surface area (Å²) in [5.41, 5.74) is -0.625. The second kappa shape index (κ2) is 3.01. The number of likely N-dealkylation sites (tertiary alicyclic amines) is 1. The van der Waals surface area contributed by atoms with Gasteiger partial charge in [0.2, 0.25) is 5.91 Å². The number of ketones is 1. The van der Waals surface area contributed by atoms with Crippen LogP contribution in [-0.2, 0) is 9.59 Å². The topological polar surface area (TPSA) is 37.4 Å². The fourth-order valence-corrected chi connectivity index (χ4v) is 4.41. The van der Waals surface area contributed by atoms with Crippen molar-refractivity contribution in [2.24, 2.45) is 22.7 Å². The average molecular weight is 233 g/mol. The van der Waals surface area contributed by atoms with Crippen molar-refractivity contribution in [2.45, 2.75) is 26.7 Å². The number of hydrogen-bond donors (Lipinski definition) is 0. The summed E-state index contributed by atoms with van der Waals surface area (Å²) in [6.07, 6.45) is 3.36. The molecule has 92 valence electrons. The van der Waals surface area contributed by atoms with Crippen LogP contribution in [0.4, 0.5) is 0 Å². The minimum atomic E-state index is -0.632. The van der Waals surface area contributed by atoms with E-state index in [9.17, 15) is 9.59 Å². The Labute approximate surface area is 102 Å². The molecule has 0 N–H and O–H groups in total. The van der Waals surface area contributed by atoms with Crippen molar-refractivity contribution in [3.05, 3.63) is 12.7 Å². The van der Waals surface area contributed by atoms with E-state index < -0.39 is 5.41 Å². The summed E-state index contributed by atoms with van der Waals surface area (Å²) in [6, 6.07) is 0. The van der Waals surface area contributed by atoms with Gasteiger partial charge in [0.05, 0.1) is 0 Å². The number of carbonyl (C=O) groups excluding carboxylic acids is 2. The van der Waals surface area contributed by atoms with E-state index in [4.69, 9.17) is 0 Å². The lowest BCUT2D eigenvalue weighted by Gasteiger charge is -2.48. The number of hydrogen-bond acceptors (Lipinski definition) is 2. The zero-order valence-electron chi connectivity index (χ0n) is 10.5. The van der Waals surface area contributed by atoms with E-state index in [1.54, 1.807) is 6.08 Å². The molecule has 2 saturated carbocycles. The van der Waals surface area contributed by atoms with Crippen molar-refractivity contribution in [2.75, 3.05) is 13.1 Å². The van der Waals surface area contributed by atoms with Gasteiger partial charge in [-0.2, -0.15) is 0 Å². The summed E-state index contributed by atoms with van der Waals surface area (Å²) in [4.78, 5) is 26.7. The van der Waals surface area contributed by atoms with Crippen LogP contribution >= 0.6 is 0 Å². The van der Waals surface area contributed by atoms with E-state index in [-0.39, 0.29) is 28.9 Å². The molecule has 3 aliphatic rings. The van der Waals surface area contributed by atoms with E-state index >= 15 is 0 Å². The highest BCUT2D eigenvalue weighted by atomic mass is 16.2. The van der Waals surface area contributed by atoms with Gasteiger partial charge in [-0.25, -0.2) is 0 Å². The van der Waals surface area contributed by atoms with Crippen LogP contribution in [0.1, 0.15) is 26.7 Å². The lowest BCUT2D eigenvalue weighted by molar-refractivity contribution is -0.154. The normalized spacial score (nSPS) is 42.1. The van der Waals surface area contributed by atoms with Crippen molar-refractivity contribution in [1.82, 2.24) is 4.90 Å². The Hall–Kier alpha value is -1.12. The molecular formula is C14H19NO2. The summed E-state index contributed by atoms with van der Waals surface area (Å²) in [7, 11) is 0. The largest absolute Gasteiger partial charge is 0.338 e. The lowest BCUT2D eigenvalue weighted by Crippen LogP contribution is -2.54. The van der Waals surface area contributed by atoms with Gasteiger partial charge in [0.15, 0.2) is 0 Å². The standard InChI is InChI=1S/C14H19NO2/c1-4-5-15-8-9-6-10-13(2,3)7-11(16)14(9,10)12(15)17/h4,9-10H,1,5-8H2,2-3H3/t9-,10-,14+/m1/s1. The molecule has 1 saturated heterocycles. The third-order valence-corrected chi connectivity index (χ3v) is 5.17. The molecule has 3 rings (SSSR count). The van der Waals surface area contributed by atoms with Gasteiger partial charge in [0.1, 0.15) is 11.2 Å². The molecule has 1 heterocycles. The molecule has 0 aromatic carbocycles. The molecule has 1 aliphatic heterocycles. The van der Waals surface area contributed by atoms with E-state index in [1.165, 1.54) is 0 Å². The Morgan fingerprint density at radius 3 is 2.76 bits per heavy atom. The van der Waals surface area contributed by atoms with Gasteiger partial charge >= 0.3 is 0 Å². The smallest absolute Gasteiger partial charge is 0.237 e. The molecule has 3 fully saturated rings. The van der Waals surface area contributed by atoms with Gasteiger partial charge in [-0.3, -0.25) is 9.59 Å². The van der Waals surface area contributed by atoms with E-state index in [0.717, 1.165) is 13.0 Å². The van der Waals surface area contributed by atoms with Crippen LogP contribution in [-0.4, -0.2) is 29.7 Å². The molecule has 3 heteroatoms. The minimum absolute atomic E-state index is 0.00737. The highest BCUT2D eigenvalue weighted by Gasteiger charge is 2.75. The average Bonchev–Trinajstić information content (AvgIpc) is 2.47. The third-order valence-electron chi connectivity index (χ3n) is 5.17. The minimum Gasteiger partial charge on any atom is -0.338 e. The van der Waals surface area contributed by atoms with Crippen LogP contribution in [0, 0.1) is 22.7 Å². The first kappa shape index (κ1) is 11.0. The van der Waals surface area contributed by atoms with Crippen LogP contribution in [0.5, 0.6) is 0 Å². The molecule has 3 atom stereocenters. The van der Waals surface area contributed by atoms with Crippen molar-refractivity contribution in [3.63, 3.8) is 0 Å². The van der Waals surface area contributed by atoms with Gasteiger partial charge in [0, 0.05) is 19.5 Å². The number of carbonyl (C=O) groups is 2. The Balaban J connectivity index is 1.99. The highest BCUT2D eigenvalue weighted by molar-refractivity contribution is 6.11. The predicted octanol–water partition coefficient (Wildman–Crippen LogP) is 1.64. The summed E-state index contributed by atoms with van der Waals surface area (Å²) >= 11 is 0. The molecule has 3 nitrogen and oxygen atoms in total. The number of nitrogens with zero attached hydrogens (tertiary/aromatic N) is 1. The zero-order chi connectivity index (χ0) is 12.4. The van der Waals surface area contributed by atoms with Gasteiger partial charge < -0.3 is 4.90 Å². The third kappa shape index (κ3) is 1.03. The fourth-order valence-electron chi connectivity index (χ4n) is 4.41. The molecule has 0 aromatic rings. The zero-order valence-corrected chi connectivity index (χ0v) is 10.5. The summed E-state index contributed by atoms with van der Waals surface area (Å²) < 4.78 is 0. The summed E-state index contributed by atoms with van der Waals surface area (Å²) in [6.45, 7) is 9.27. The Kier molecular flexibility index (Phi) is 1.94. The SMILES string of the molecule is C=CCN1C[C@H]2C[C@@H]3C(C)(C)CC(=O)[C@]23C1=O. The lowest BCUT2D eigenvalue weighted by atomic mass is 9.51. The first-order chi connectivity index (χ1) is 7.94. The van der Waals surface area contributed by atoms with Gasteiger partial charge in [-0.15, -0.1) is 6.58 Å². The quantitative estimate of drug-likeness (QED) is 0.537. The van der Waals surface area contributed by atoms with Crippen LogP contribution in [0.2, 0.25) is 0 Å². The summed E-state index contributed by atoms with van der Waals surface area (Å²) in [5, 5.41) is 0. The second-order valence-electron chi connectivity index (χ2n) is 6.44. The first-order valence-electron chi connectivity index (χ1n) is 6.38. The molecule has 0 bridgehead atoms. The second-order valence-corrected chi connectivity index (χ2v) is 6.44. The first-order valence-corrected chi connectivity index (χ1v) is 6.38. The number of Topliss-reactive ketones (excluding diaryl/α,β-unsaturated/α-hetero) is 1. The van der Waals surface area contributed by atoms with Crippen LogP contribution in [0.25, 0.3) is 0 Å². The monoisotopic (exact) mass is 233 g/mol. The van der Waals surface area contributed by atoms with Crippen molar-refractivity contribution >= 4 is 11.7 Å². The molecular weight excluding hydrogens is 214 g/mol. The Bertz CT molecular complexity index is 426. The molecule has 1 amide bonds. The Morgan fingerprint density at radius 1 is 1.47 bits per heavy atom. The molecule has 0 radical (unpaired) electrons. The van der Waals surface area contributed by atoms with Crippen molar-refractivity contribution in [3.8, 4) is 0 Å². The van der Waals surface area contributed by atoms with Gasteiger partial charge in [-0.05, 0) is 23.7 Å². The molecule has 17 heavy (non-hydrogen) atoms. The Morgan fingerprint density at radius 2 is 2.18 bits per heavy atom. The van der Waals surface area contributed by atoms with Gasteiger partial charge in [-0.1, -0.05) is 19.9 Å². The molecule has 0 aromatic heterocycles. The van der Waals surface area contributed by atoms with Crippen molar-refractivity contribution < 1.29 is 9.59 Å². The number of rotatable bonds is 2. The molecule has 2 aliphatic carbocycles. The maximum absolute atomic E-state index is 12.5. The maximum Gasteiger partial charge on any atom is 0.237 e. The van der Waals surface area contributed by atoms with Crippen LogP contribution in [0.15, 0.2) is 12.7 Å². The molecule has 0 unspecified atom stereocenters. The van der Waals surface area contributed by atoms with E-state index in [1.807, 2.05) is 4.90 Å². The number of amides is 1. The van der Waals surface area contributed by atoms with Crippen molar-refractivity contribution in [1.29, 1.82) is 0 Å². The van der Waals surface area contributed by atoms with E-state index in [2.05, 4.69) is 20.4 Å². The van der Waals surface area contributed by atoms with E-state index in [0.29, 0.717) is 13.0 Å². The molecule has 1 spiro atoms. The highest BCUT2D eigenvalue weighted by Crippen LogP contribution is 2.68.